The smallest absolute Gasteiger partial charge is 0.257 e. The second kappa shape index (κ2) is 6.12. The zero-order valence-corrected chi connectivity index (χ0v) is 11.4. The molecule has 0 unspecified atom stereocenters. The van der Waals surface area contributed by atoms with Crippen molar-refractivity contribution in [2.75, 3.05) is 39.4 Å². The van der Waals surface area contributed by atoms with Crippen LogP contribution in [0.25, 0.3) is 0 Å². The summed E-state index contributed by atoms with van der Waals surface area (Å²) in [5, 5.41) is 3.23. The van der Waals surface area contributed by atoms with Gasteiger partial charge in [0.2, 0.25) is 0 Å². The van der Waals surface area contributed by atoms with Gasteiger partial charge in [-0.3, -0.25) is 4.79 Å². The highest BCUT2D eigenvalue weighted by atomic mass is 35.5. The van der Waals surface area contributed by atoms with Gasteiger partial charge in [0.1, 0.15) is 13.2 Å². The van der Waals surface area contributed by atoms with Gasteiger partial charge in [0, 0.05) is 26.2 Å². The summed E-state index contributed by atoms with van der Waals surface area (Å²) >= 11 is 0. The Morgan fingerprint density at radius 3 is 2.68 bits per heavy atom. The Hall–Kier alpha value is -1.46. The van der Waals surface area contributed by atoms with Gasteiger partial charge in [0.15, 0.2) is 11.5 Å². The molecule has 0 radical (unpaired) electrons. The number of rotatable bonds is 1. The summed E-state index contributed by atoms with van der Waals surface area (Å²) in [6.45, 7) is 4.21. The van der Waals surface area contributed by atoms with Crippen molar-refractivity contribution in [2.45, 2.75) is 0 Å². The number of halogens is 1. The van der Waals surface area contributed by atoms with E-state index in [1.54, 1.807) is 6.07 Å². The molecule has 1 amide bonds. The maximum atomic E-state index is 12.4. The molecule has 19 heavy (non-hydrogen) atoms. The molecule has 2 aliphatic rings. The fourth-order valence-electron chi connectivity index (χ4n) is 2.28. The lowest BCUT2D eigenvalue weighted by atomic mass is 10.1. The maximum Gasteiger partial charge on any atom is 0.257 e. The van der Waals surface area contributed by atoms with E-state index in [9.17, 15) is 4.79 Å². The van der Waals surface area contributed by atoms with Crippen molar-refractivity contribution in [1.82, 2.24) is 10.2 Å². The van der Waals surface area contributed by atoms with E-state index in [0.29, 0.717) is 30.3 Å². The van der Waals surface area contributed by atoms with Crippen LogP contribution in [0.4, 0.5) is 0 Å². The summed E-state index contributed by atoms with van der Waals surface area (Å²) in [6.07, 6.45) is 0. The number of amides is 1. The van der Waals surface area contributed by atoms with E-state index in [0.717, 1.165) is 26.2 Å². The number of ether oxygens (including phenoxy) is 2. The SMILES string of the molecule is Cl.O=C(c1cccc2c1OCCO2)N1CCNCC1. The second-order valence-electron chi connectivity index (χ2n) is 4.37. The van der Waals surface area contributed by atoms with Crippen LogP contribution in [0, 0.1) is 0 Å². The summed E-state index contributed by atoms with van der Waals surface area (Å²) in [6, 6.07) is 5.48. The first kappa shape index (κ1) is 14.0. The zero-order chi connectivity index (χ0) is 12.4. The van der Waals surface area contributed by atoms with Gasteiger partial charge in [-0.2, -0.15) is 0 Å². The standard InChI is InChI=1S/C13H16N2O3.ClH/c16-13(15-6-4-14-5-7-15)10-2-1-3-11-12(10)18-9-8-17-11;/h1-3,14H,4-9H2;1H. The van der Waals surface area contributed by atoms with Gasteiger partial charge in [-0.05, 0) is 12.1 Å². The minimum absolute atomic E-state index is 0. The number of carbonyl (C=O) groups excluding carboxylic acids is 1. The first-order chi connectivity index (χ1) is 8.86. The molecule has 2 heterocycles. The van der Waals surface area contributed by atoms with Crippen LogP contribution in [0.3, 0.4) is 0 Å². The number of para-hydroxylation sites is 1. The van der Waals surface area contributed by atoms with Crippen LogP contribution in [-0.4, -0.2) is 50.2 Å². The van der Waals surface area contributed by atoms with E-state index >= 15 is 0 Å². The molecule has 2 aliphatic heterocycles. The fraction of sp³-hybridized carbons (Fsp3) is 0.462. The summed E-state index contributed by atoms with van der Waals surface area (Å²) in [5.41, 5.74) is 0.606. The maximum absolute atomic E-state index is 12.4. The highest BCUT2D eigenvalue weighted by Gasteiger charge is 2.24. The average molecular weight is 285 g/mol. The Balaban J connectivity index is 0.00000133. The van der Waals surface area contributed by atoms with Crippen molar-refractivity contribution in [3.8, 4) is 11.5 Å². The van der Waals surface area contributed by atoms with Gasteiger partial charge < -0.3 is 19.7 Å². The number of benzene rings is 1. The van der Waals surface area contributed by atoms with Crippen LogP contribution in [0.1, 0.15) is 10.4 Å². The Morgan fingerprint density at radius 2 is 1.89 bits per heavy atom. The molecule has 0 spiro atoms. The Morgan fingerprint density at radius 1 is 1.16 bits per heavy atom. The molecule has 1 saturated heterocycles. The van der Waals surface area contributed by atoms with E-state index in [1.807, 2.05) is 17.0 Å². The summed E-state index contributed by atoms with van der Waals surface area (Å²) in [7, 11) is 0. The minimum atomic E-state index is 0. The lowest BCUT2D eigenvalue weighted by Crippen LogP contribution is -2.46. The number of piperazine rings is 1. The van der Waals surface area contributed by atoms with Crippen molar-refractivity contribution in [1.29, 1.82) is 0 Å². The van der Waals surface area contributed by atoms with E-state index in [-0.39, 0.29) is 18.3 Å². The van der Waals surface area contributed by atoms with Gasteiger partial charge >= 0.3 is 0 Å². The van der Waals surface area contributed by atoms with Gasteiger partial charge in [-0.1, -0.05) is 6.07 Å². The van der Waals surface area contributed by atoms with Crippen molar-refractivity contribution in [3.63, 3.8) is 0 Å². The molecule has 1 aromatic carbocycles. The highest BCUT2D eigenvalue weighted by molar-refractivity contribution is 5.98. The molecular weight excluding hydrogens is 268 g/mol. The molecule has 0 bridgehead atoms. The predicted molar refractivity (Wildman–Crippen MR) is 73.5 cm³/mol. The molecule has 6 heteroatoms. The highest BCUT2D eigenvalue weighted by Crippen LogP contribution is 2.34. The number of carbonyl (C=O) groups is 1. The minimum Gasteiger partial charge on any atom is -0.486 e. The predicted octanol–water partition coefficient (Wildman–Crippen LogP) is 0.925. The third-order valence-electron chi connectivity index (χ3n) is 3.20. The van der Waals surface area contributed by atoms with Crippen LogP contribution in [0.15, 0.2) is 18.2 Å². The molecule has 104 valence electrons. The summed E-state index contributed by atoms with van der Waals surface area (Å²) in [5.74, 6) is 1.29. The van der Waals surface area contributed by atoms with E-state index < -0.39 is 0 Å². The van der Waals surface area contributed by atoms with Crippen LogP contribution >= 0.6 is 12.4 Å². The molecule has 0 aromatic heterocycles. The average Bonchev–Trinajstić information content (AvgIpc) is 2.47. The molecule has 5 nitrogen and oxygen atoms in total. The van der Waals surface area contributed by atoms with E-state index in [4.69, 9.17) is 9.47 Å². The topological polar surface area (TPSA) is 50.8 Å². The lowest BCUT2D eigenvalue weighted by Gasteiger charge is -2.29. The molecule has 0 aliphatic carbocycles. The number of nitrogens with zero attached hydrogens (tertiary/aromatic N) is 1. The second-order valence-corrected chi connectivity index (χ2v) is 4.37. The normalized spacial score (nSPS) is 17.6. The number of fused-ring (bicyclic) bond motifs is 1. The largest absolute Gasteiger partial charge is 0.486 e. The quantitative estimate of drug-likeness (QED) is 0.833. The Labute approximate surface area is 118 Å². The van der Waals surface area contributed by atoms with E-state index in [2.05, 4.69) is 5.32 Å². The van der Waals surface area contributed by atoms with Crippen molar-refractivity contribution < 1.29 is 14.3 Å². The first-order valence-corrected chi connectivity index (χ1v) is 6.25. The molecule has 0 atom stereocenters. The number of hydrogen-bond acceptors (Lipinski definition) is 4. The van der Waals surface area contributed by atoms with Gasteiger partial charge in [0.25, 0.3) is 5.91 Å². The van der Waals surface area contributed by atoms with Crippen molar-refractivity contribution in [2.24, 2.45) is 0 Å². The third-order valence-corrected chi connectivity index (χ3v) is 3.20. The number of hydrogen-bond donors (Lipinski definition) is 1. The lowest BCUT2D eigenvalue weighted by molar-refractivity contribution is 0.0725. The van der Waals surface area contributed by atoms with Crippen LogP contribution in [-0.2, 0) is 0 Å². The van der Waals surface area contributed by atoms with Crippen LogP contribution < -0.4 is 14.8 Å². The molecule has 1 fully saturated rings. The molecule has 1 N–H and O–H groups in total. The Kier molecular flexibility index (Phi) is 4.50. The molecule has 3 rings (SSSR count). The summed E-state index contributed by atoms with van der Waals surface area (Å²) in [4.78, 5) is 14.3. The van der Waals surface area contributed by atoms with Crippen molar-refractivity contribution >= 4 is 18.3 Å². The Bertz CT molecular complexity index is 461. The fourth-order valence-corrected chi connectivity index (χ4v) is 2.28. The molecule has 0 saturated carbocycles. The number of nitrogens with one attached hydrogen (secondary N) is 1. The van der Waals surface area contributed by atoms with Crippen LogP contribution in [0.2, 0.25) is 0 Å². The summed E-state index contributed by atoms with van der Waals surface area (Å²) < 4.78 is 11.1. The first-order valence-electron chi connectivity index (χ1n) is 6.25. The molecular formula is C13H17ClN2O3. The monoisotopic (exact) mass is 284 g/mol. The zero-order valence-electron chi connectivity index (χ0n) is 10.6. The van der Waals surface area contributed by atoms with E-state index in [1.165, 1.54) is 0 Å². The van der Waals surface area contributed by atoms with Gasteiger partial charge in [-0.25, -0.2) is 0 Å². The van der Waals surface area contributed by atoms with Gasteiger partial charge in [0.05, 0.1) is 5.56 Å². The third kappa shape index (κ3) is 2.77. The van der Waals surface area contributed by atoms with Crippen molar-refractivity contribution in [3.05, 3.63) is 23.8 Å². The van der Waals surface area contributed by atoms with Gasteiger partial charge in [-0.15, -0.1) is 12.4 Å². The molecule has 1 aromatic rings. The van der Waals surface area contributed by atoms with Crippen LogP contribution in [0.5, 0.6) is 11.5 Å².